The Bertz CT molecular complexity index is 1000. The van der Waals surface area contributed by atoms with Gasteiger partial charge in [-0.3, -0.25) is 4.79 Å². The number of carbonyl (C=O) groups excluding carboxylic acids is 1. The maximum Gasteiger partial charge on any atom is 0.262 e. The number of fused-ring (bicyclic) bond motifs is 1. The van der Waals surface area contributed by atoms with Crippen LogP contribution in [0, 0.1) is 11.3 Å². The molecule has 0 unspecified atom stereocenters. The Morgan fingerprint density at radius 3 is 2.54 bits per heavy atom. The molecular formula is C22H18N2O2. The van der Waals surface area contributed by atoms with Crippen molar-refractivity contribution in [3.8, 4) is 11.8 Å². The van der Waals surface area contributed by atoms with Gasteiger partial charge in [-0.2, -0.15) is 5.26 Å². The highest BCUT2D eigenvalue weighted by Gasteiger charge is 2.09. The maximum atomic E-state index is 12.3. The molecule has 0 heterocycles. The Kier molecular flexibility index (Phi) is 5.31. The van der Waals surface area contributed by atoms with E-state index in [9.17, 15) is 10.1 Å². The summed E-state index contributed by atoms with van der Waals surface area (Å²) >= 11 is 0. The number of methoxy groups -OCH3 is 1. The van der Waals surface area contributed by atoms with E-state index in [1.807, 2.05) is 72.8 Å². The summed E-state index contributed by atoms with van der Waals surface area (Å²) in [6, 6.07) is 23.1. The number of amides is 1. The van der Waals surface area contributed by atoms with Crippen LogP contribution in [0.15, 0.2) is 72.3 Å². The summed E-state index contributed by atoms with van der Waals surface area (Å²) < 4.78 is 5.22. The number of hydrogen-bond donors (Lipinski definition) is 1. The van der Waals surface area contributed by atoms with Gasteiger partial charge in [0.1, 0.15) is 17.4 Å². The summed E-state index contributed by atoms with van der Waals surface area (Å²) in [5, 5.41) is 14.2. The van der Waals surface area contributed by atoms with E-state index in [4.69, 9.17) is 4.74 Å². The molecule has 128 valence electrons. The first-order chi connectivity index (χ1) is 12.7. The molecular weight excluding hydrogens is 324 g/mol. The number of rotatable bonds is 5. The quantitative estimate of drug-likeness (QED) is 0.561. The molecule has 4 nitrogen and oxygen atoms in total. The summed E-state index contributed by atoms with van der Waals surface area (Å²) in [6.07, 6.45) is 1.60. The normalized spacial score (nSPS) is 11.0. The lowest BCUT2D eigenvalue weighted by Crippen LogP contribution is -2.23. The van der Waals surface area contributed by atoms with Crippen LogP contribution < -0.4 is 10.1 Å². The first-order valence-electron chi connectivity index (χ1n) is 8.21. The van der Waals surface area contributed by atoms with Crippen molar-refractivity contribution < 1.29 is 9.53 Å². The second-order valence-electron chi connectivity index (χ2n) is 5.81. The second-order valence-corrected chi connectivity index (χ2v) is 5.81. The molecule has 0 saturated carbocycles. The van der Waals surface area contributed by atoms with E-state index in [1.165, 1.54) is 0 Å². The topological polar surface area (TPSA) is 62.1 Å². The van der Waals surface area contributed by atoms with Gasteiger partial charge >= 0.3 is 0 Å². The predicted octanol–water partition coefficient (Wildman–Crippen LogP) is 4.07. The van der Waals surface area contributed by atoms with Gasteiger partial charge in [-0.15, -0.1) is 0 Å². The Hall–Kier alpha value is -3.58. The smallest absolute Gasteiger partial charge is 0.262 e. The second kappa shape index (κ2) is 8.00. The van der Waals surface area contributed by atoms with E-state index in [-0.39, 0.29) is 11.5 Å². The third kappa shape index (κ3) is 4.08. The van der Waals surface area contributed by atoms with Crippen molar-refractivity contribution in [3.05, 3.63) is 83.4 Å². The largest absolute Gasteiger partial charge is 0.497 e. The van der Waals surface area contributed by atoms with Crippen molar-refractivity contribution >= 4 is 22.8 Å². The Balaban J connectivity index is 1.78. The Labute approximate surface area is 152 Å². The predicted molar refractivity (Wildman–Crippen MR) is 102 cm³/mol. The molecule has 0 radical (unpaired) electrons. The summed E-state index contributed by atoms with van der Waals surface area (Å²) in [7, 11) is 1.63. The Morgan fingerprint density at radius 1 is 1.08 bits per heavy atom. The maximum absolute atomic E-state index is 12.3. The van der Waals surface area contributed by atoms with Gasteiger partial charge in [0.2, 0.25) is 0 Å². The third-order valence-electron chi connectivity index (χ3n) is 4.04. The van der Waals surface area contributed by atoms with E-state index in [0.717, 1.165) is 27.6 Å². The molecule has 0 aliphatic heterocycles. The Morgan fingerprint density at radius 2 is 1.81 bits per heavy atom. The van der Waals surface area contributed by atoms with Gasteiger partial charge in [0.05, 0.1) is 7.11 Å². The van der Waals surface area contributed by atoms with Crippen LogP contribution in [0.4, 0.5) is 0 Å². The van der Waals surface area contributed by atoms with E-state index in [0.29, 0.717) is 6.54 Å². The SMILES string of the molecule is COc1ccc2cc(C=C(C#N)C(=O)NCc3ccccc3)ccc2c1. The summed E-state index contributed by atoms with van der Waals surface area (Å²) in [5.74, 6) is 0.407. The zero-order chi connectivity index (χ0) is 18.4. The highest BCUT2D eigenvalue weighted by Crippen LogP contribution is 2.22. The molecule has 0 aromatic heterocycles. The lowest BCUT2D eigenvalue weighted by atomic mass is 10.0. The van der Waals surface area contributed by atoms with Crippen LogP contribution in [0.5, 0.6) is 5.75 Å². The number of hydrogen-bond acceptors (Lipinski definition) is 3. The summed E-state index contributed by atoms with van der Waals surface area (Å²) in [5.41, 5.74) is 1.86. The minimum Gasteiger partial charge on any atom is -0.497 e. The number of ether oxygens (including phenoxy) is 1. The van der Waals surface area contributed by atoms with E-state index >= 15 is 0 Å². The molecule has 1 N–H and O–H groups in total. The van der Waals surface area contributed by atoms with Crippen molar-refractivity contribution in [1.82, 2.24) is 5.32 Å². The van der Waals surface area contributed by atoms with Crippen LogP contribution in [-0.2, 0) is 11.3 Å². The highest BCUT2D eigenvalue weighted by molar-refractivity contribution is 6.02. The zero-order valence-electron chi connectivity index (χ0n) is 14.4. The monoisotopic (exact) mass is 342 g/mol. The summed E-state index contributed by atoms with van der Waals surface area (Å²) in [6.45, 7) is 0.385. The molecule has 3 aromatic rings. The molecule has 0 spiro atoms. The fraction of sp³-hybridized carbons (Fsp3) is 0.0909. The molecule has 3 rings (SSSR count). The molecule has 0 aliphatic carbocycles. The molecule has 3 aromatic carbocycles. The zero-order valence-corrected chi connectivity index (χ0v) is 14.4. The minimum absolute atomic E-state index is 0.0776. The molecule has 0 saturated heterocycles. The number of benzene rings is 3. The van der Waals surface area contributed by atoms with Crippen LogP contribution >= 0.6 is 0 Å². The van der Waals surface area contributed by atoms with Crippen LogP contribution in [0.1, 0.15) is 11.1 Å². The number of nitriles is 1. The van der Waals surface area contributed by atoms with Gasteiger partial charge in [0.25, 0.3) is 5.91 Å². The van der Waals surface area contributed by atoms with Gasteiger partial charge in [-0.05, 0) is 46.2 Å². The lowest BCUT2D eigenvalue weighted by molar-refractivity contribution is -0.117. The first kappa shape index (κ1) is 17.2. The fourth-order valence-corrected chi connectivity index (χ4v) is 2.65. The van der Waals surface area contributed by atoms with E-state index < -0.39 is 0 Å². The lowest BCUT2D eigenvalue weighted by Gasteiger charge is -2.06. The molecule has 1 amide bonds. The van der Waals surface area contributed by atoms with Crippen LogP contribution in [0.2, 0.25) is 0 Å². The average molecular weight is 342 g/mol. The van der Waals surface area contributed by atoms with Crippen LogP contribution in [0.3, 0.4) is 0 Å². The number of nitrogens with one attached hydrogen (secondary N) is 1. The van der Waals surface area contributed by atoms with Gasteiger partial charge in [-0.25, -0.2) is 0 Å². The van der Waals surface area contributed by atoms with Crippen molar-refractivity contribution in [1.29, 1.82) is 5.26 Å². The van der Waals surface area contributed by atoms with Gasteiger partial charge in [-0.1, -0.05) is 48.5 Å². The standard InChI is InChI=1S/C22H18N2O2/c1-26-21-10-9-18-11-17(7-8-19(18)13-21)12-20(14-23)22(25)24-15-16-5-3-2-4-6-16/h2-13H,15H2,1H3,(H,24,25). The van der Waals surface area contributed by atoms with Gasteiger partial charge in [0, 0.05) is 6.54 Å². The van der Waals surface area contributed by atoms with Crippen molar-refractivity contribution in [2.45, 2.75) is 6.54 Å². The van der Waals surface area contributed by atoms with Crippen molar-refractivity contribution in [2.75, 3.05) is 7.11 Å². The molecule has 0 bridgehead atoms. The summed E-state index contributed by atoms with van der Waals surface area (Å²) in [4.78, 5) is 12.3. The average Bonchev–Trinajstić information content (AvgIpc) is 2.70. The molecule has 26 heavy (non-hydrogen) atoms. The van der Waals surface area contributed by atoms with E-state index in [1.54, 1.807) is 13.2 Å². The van der Waals surface area contributed by atoms with Crippen molar-refractivity contribution in [3.63, 3.8) is 0 Å². The fourth-order valence-electron chi connectivity index (χ4n) is 2.65. The molecule has 0 fully saturated rings. The minimum atomic E-state index is -0.383. The molecule has 4 heteroatoms. The van der Waals surface area contributed by atoms with E-state index in [2.05, 4.69) is 5.32 Å². The van der Waals surface area contributed by atoms with Crippen LogP contribution in [-0.4, -0.2) is 13.0 Å². The number of nitrogens with zero attached hydrogens (tertiary/aromatic N) is 1. The third-order valence-corrected chi connectivity index (χ3v) is 4.04. The number of carbonyl (C=O) groups is 1. The molecule has 0 aliphatic rings. The first-order valence-corrected chi connectivity index (χ1v) is 8.21. The van der Waals surface area contributed by atoms with Gasteiger partial charge in [0.15, 0.2) is 0 Å². The van der Waals surface area contributed by atoms with Crippen molar-refractivity contribution in [2.24, 2.45) is 0 Å². The molecule has 0 atom stereocenters. The van der Waals surface area contributed by atoms with Crippen LogP contribution in [0.25, 0.3) is 16.8 Å². The highest BCUT2D eigenvalue weighted by atomic mass is 16.5. The van der Waals surface area contributed by atoms with Gasteiger partial charge < -0.3 is 10.1 Å².